The number of carbonyl (C=O) groups excluding carboxylic acids is 10. The molecule has 0 unspecified atom stereocenters. The molecule has 0 saturated carbocycles. The number of carbonyl (C=O) groups is 11. The summed E-state index contributed by atoms with van der Waals surface area (Å²) in [6.45, 7) is 6.64. The van der Waals surface area contributed by atoms with Crippen molar-refractivity contribution in [2.75, 3.05) is 59.9 Å². The molecule has 0 aliphatic carbocycles. The average molecular weight is 1300 g/mol. The number of rotatable bonds is 13. The number of esters is 2. The maximum Gasteiger partial charge on any atom is 0.330 e. The Morgan fingerprint density at radius 1 is 0.691 bits per heavy atom. The minimum Gasteiger partial charge on any atom is -0.493 e. The van der Waals surface area contributed by atoms with Crippen LogP contribution in [0.25, 0.3) is 0 Å². The second kappa shape index (κ2) is 34.0. The smallest absolute Gasteiger partial charge is 0.330 e. The van der Waals surface area contributed by atoms with Crippen molar-refractivity contribution in [2.24, 2.45) is 11.3 Å². The van der Waals surface area contributed by atoms with E-state index < -0.39 is 107 Å². The number of benzene rings is 4. The summed E-state index contributed by atoms with van der Waals surface area (Å²) in [5.74, 6) is -6.90. The zero-order chi connectivity index (χ0) is 68.2. The molecule has 23 heteroatoms. The number of aliphatic carboxylic acids is 1. The van der Waals surface area contributed by atoms with Crippen LogP contribution in [-0.2, 0) is 81.5 Å². The number of Topliss-reactive ketones (excluding diaryl/α,β-unsaturated/α-hetero) is 1. The summed E-state index contributed by atoms with van der Waals surface area (Å²) in [7, 11) is 6.13. The molecule has 6 atom stereocenters. The summed E-state index contributed by atoms with van der Waals surface area (Å²) in [6.07, 6.45) is 4.02. The van der Waals surface area contributed by atoms with Gasteiger partial charge in [-0.15, -0.1) is 0 Å². The minimum absolute atomic E-state index is 0.0587. The van der Waals surface area contributed by atoms with Crippen LogP contribution in [0.1, 0.15) is 138 Å². The van der Waals surface area contributed by atoms with Gasteiger partial charge in [0.1, 0.15) is 42.9 Å². The van der Waals surface area contributed by atoms with Gasteiger partial charge in [-0.25, -0.2) is 9.59 Å². The topological polar surface area (TPSA) is 294 Å². The van der Waals surface area contributed by atoms with Crippen molar-refractivity contribution >= 4 is 70.7 Å². The van der Waals surface area contributed by atoms with E-state index in [0.717, 1.165) is 17.2 Å². The van der Waals surface area contributed by atoms with Gasteiger partial charge in [0, 0.05) is 71.2 Å². The van der Waals surface area contributed by atoms with Crippen LogP contribution in [0.5, 0.6) is 11.5 Å². The predicted octanol–water partition coefficient (Wildman–Crippen LogP) is 7.04. The Balaban J connectivity index is 1.20. The number of methoxy groups -OCH3 is 2. The van der Waals surface area contributed by atoms with Gasteiger partial charge in [-0.2, -0.15) is 0 Å². The van der Waals surface area contributed by atoms with Gasteiger partial charge in [0.05, 0.1) is 19.6 Å². The maximum absolute atomic E-state index is 15.2. The molecule has 4 aromatic rings. The summed E-state index contributed by atoms with van der Waals surface area (Å²) in [5, 5.41) is 17.8. The fourth-order valence-electron chi connectivity index (χ4n) is 11.8. The van der Waals surface area contributed by atoms with E-state index >= 15 is 4.79 Å². The number of nitrogens with one attached hydrogen (secondary N) is 3. The lowest BCUT2D eigenvalue weighted by atomic mass is 9.87. The van der Waals surface area contributed by atoms with Crippen LogP contribution in [0.2, 0.25) is 0 Å². The van der Waals surface area contributed by atoms with E-state index in [1.165, 1.54) is 60.8 Å². The first-order chi connectivity index (χ1) is 44.9. The first kappa shape index (κ1) is 72.0. The van der Waals surface area contributed by atoms with Gasteiger partial charge < -0.3 is 59.6 Å². The Hall–Kier alpha value is -9.41. The molecule has 7 amide bonds. The molecule has 0 radical (unpaired) electrons. The highest BCUT2D eigenvalue weighted by molar-refractivity contribution is 6.38. The molecular formula is C71H89N7O16. The summed E-state index contributed by atoms with van der Waals surface area (Å²) < 4.78 is 22.8. The molecule has 2 fully saturated rings. The number of ketones is 1. The van der Waals surface area contributed by atoms with Gasteiger partial charge in [0.15, 0.2) is 11.5 Å². The number of likely N-dealkylation sites (N-methyl/N-ethyl adjacent to an activating group) is 2. The molecule has 23 nitrogen and oxygen atoms in total. The quantitative estimate of drug-likeness (QED) is 0.0770. The van der Waals surface area contributed by atoms with E-state index in [1.54, 1.807) is 98.0 Å². The molecule has 0 aromatic heterocycles. The largest absolute Gasteiger partial charge is 0.493 e. The molecule has 3 heterocycles. The summed E-state index contributed by atoms with van der Waals surface area (Å²) in [5.41, 5.74) is 1.77. The number of carboxylic acid groups (broad SMARTS) is 1. The Morgan fingerprint density at radius 3 is 2.06 bits per heavy atom. The minimum atomic E-state index is -1.52. The molecule has 4 aromatic carbocycles. The first-order valence-corrected chi connectivity index (χ1v) is 32.1. The number of aryl methyl sites for hydroxylation is 2. The second-order valence-electron chi connectivity index (χ2n) is 25.3. The highest BCUT2D eigenvalue weighted by atomic mass is 16.5. The molecule has 2 saturated heterocycles. The number of amides is 7. The molecule has 4 N–H and O–H groups in total. The van der Waals surface area contributed by atoms with Crippen molar-refractivity contribution in [3.8, 4) is 11.5 Å². The Labute approximate surface area is 549 Å². The van der Waals surface area contributed by atoms with Crippen LogP contribution < -0.4 is 25.4 Å². The zero-order valence-electron chi connectivity index (χ0n) is 55.0. The first-order valence-electron chi connectivity index (χ1n) is 32.1. The SMILES string of the molecule is COc1ccc(CC[C@H]2OC(=O)[C@@H]3CCCCN3C(=O)C(=O)C(C)(C)COC(=O)/C=C/CCN(C)C(=O)[C@H](CC(C)C)N(C)C(=O)[C@H]3CCCN3C(=O)[C@H](Cc3ccc(CCC(=O)O)cc3)NC(=O)[C@H](c3ccccc3)NC(=O)CCC(=O)Nc3cccc2c3)cc1OC. The molecule has 94 heavy (non-hydrogen) atoms. The normalized spacial score (nSPS) is 22.7. The van der Waals surface area contributed by atoms with Gasteiger partial charge in [-0.1, -0.05) is 92.7 Å². The molecular weight excluding hydrogens is 1210 g/mol. The van der Waals surface area contributed by atoms with E-state index in [-0.39, 0.29) is 95.7 Å². The third kappa shape index (κ3) is 19.8. The monoisotopic (exact) mass is 1300 g/mol. The van der Waals surface area contributed by atoms with Crippen LogP contribution >= 0.6 is 0 Å². The molecule has 3 aliphatic rings. The van der Waals surface area contributed by atoms with E-state index in [9.17, 15) is 53.1 Å². The summed E-state index contributed by atoms with van der Waals surface area (Å²) >= 11 is 0. The van der Waals surface area contributed by atoms with Crippen molar-refractivity contribution in [2.45, 2.75) is 154 Å². The van der Waals surface area contributed by atoms with E-state index in [1.807, 2.05) is 19.9 Å². The number of hydrogen-bond donors (Lipinski definition) is 4. The third-order valence-electron chi connectivity index (χ3n) is 17.2. The Kier molecular flexibility index (Phi) is 26.0. The highest BCUT2D eigenvalue weighted by Crippen LogP contribution is 2.33. The van der Waals surface area contributed by atoms with Crippen molar-refractivity contribution in [3.05, 3.63) is 137 Å². The van der Waals surface area contributed by atoms with Crippen molar-refractivity contribution in [1.29, 1.82) is 0 Å². The molecule has 2 bridgehead atoms. The summed E-state index contributed by atoms with van der Waals surface area (Å²) in [4.78, 5) is 160. The molecule has 3 aliphatic heterocycles. The number of anilines is 1. The fourth-order valence-corrected chi connectivity index (χ4v) is 11.8. The van der Waals surface area contributed by atoms with Crippen LogP contribution in [0.4, 0.5) is 5.69 Å². The average Bonchev–Trinajstić information content (AvgIpc) is 1.31. The Morgan fingerprint density at radius 2 is 1.36 bits per heavy atom. The van der Waals surface area contributed by atoms with Gasteiger partial charge >= 0.3 is 17.9 Å². The summed E-state index contributed by atoms with van der Waals surface area (Å²) in [6, 6.07) is 21.5. The number of fused-ring (bicyclic) bond motifs is 4. The van der Waals surface area contributed by atoms with Crippen molar-refractivity contribution in [1.82, 2.24) is 30.2 Å². The standard InChI is InChI=1S/C71H89N7O16/c1-45(2)40-55-67(87)75(5)37-14-13-24-62(83)93-44-71(3,4)64(84)69(89)78-38-15-12-22-54(78)70(90)94-56(32-29-48-30-33-57(91-7)58(42-48)92-8)50-20-16-21-51(43-50)72-59(79)34-35-60(80)74-63(49-18-10-9-11-19-49)65(85)73-52(41-47-27-25-46(26-28-47)31-36-61(81)82)66(86)77-39-17-23-53(77)68(88)76(55)6/h9-11,13,16,18-21,24-28,30,33,42-43,45,52-56,63H,12,14-15,17,22-23,29,31-32,34-41,44H2,1-8H3,(H,72,79)(H,73,85)(H,74,80)(H,81,82)/b24-13+/t52-,53+,54-,55-,56+,63-/m0/s1. The van der Waals surface area contributed by atoms with E-state index in [0.29, 0.717) is 59.6 Å². The second-order valence-corrected chi connectivity index (χ2v) is 25.3. The number of nitrogens with zero attached hydrogens (tertiary/aromatic N) is 4. The van der Waals surface area contributed by atoms with Crippen LogP contribution in [0.15, 0.2) is 109 Å². The van der Waals surface area contributed by atoms with Gasteiger partial charge in [-0.05, 0) is 136 Å². The lowest BCUT2D eigenvalue weighted by Gasteiger charge is -2.36. The van der Waals surface area contributed by atoms with Crippen molar-refractivity contribution < 1.29 is 76.8 Å². The number of piperidine rings is 1. The number of carboxylic acids is 1. The Bertz CT molecular complexity index is 3410. The third-order valence-corrected chi connectivity index (χ3v) is 17.2. The van der Waals surface area contributed by atoms with Crippen molar-refractivity contribution in [3.63, 3.8) is 0 Å². The van der Waals surface area contributed by atoms with E-state index in [2.05, 4.69) is 16.0 Å². The number of cyclic esters (lactones) is 2. The highest BCUT2D eigenvalue weighted by Gasteiger charge is 2.44. The van der Waals surface area contributed by atoms with Crippen LogP contribution in [0, 0.1) is 11.3 Å². The fraction of sp³-hybridized carbons (Fsp3) is 0.479. The maximum atomic E-state index is 15.2. The lowest BCUT2D eigenvalue weighted by Crippen LogP contribution is -2.58. The molecule has 504 valence electrons. The van der Waals surface area contributed by atoms with Crippen LogP contribution in [0.3, 0.4) is 0 Å². The number of ether oxygens (including phenoxy) is 4. The zero-order valence-corrected chi connectivity index (χ0v) is 55.0. The predicted molar refractivity (Wildman–Crippen MR) is 348 cm³/mol. The van der Waals surface area contributed by atoms with Gasteiger partial charge in [0.25, 0.3) is 5.91 Å². The van der Waals surface area contributed by atoms with Gasteiger partial charge in [-0.3, -0.25) is 43.2 Å². The lowest BCUT2D eigenvalue weighted by molar-refractivity contribution is -0.165. The van der Waals surface area contributed by atoms with E-state index in [4.69, 9.17) is 18.9 Å². The molecule has 0 spiro atoms. The van der Waals surface area contributed by atoms with Gasteiger partial charge in [0.2, 0.25) is 41.2 Å². The van der Waals surface area contributed by atoms with Crippen LogP contribution in [-0.4, -0.2) is 168 Å². The number of hydrogen-bond acceptors (Lipinski definition) is 15. The molecule has 7 rings (SSSR count).